The molecule has 82 valence electrons. The standard InChI is InChI=1S/C15H17O/c1-15(2,3)14-11-7-10-13(16-14)12-8-5-4-6-9-12/h4-11H,1-3H3/q+1. The summed E-state index contributed by atoms with van der Waals surface area (Å²) in [5, 5.41) is 0. The Morgan fingerprint density at radius 2 is 1.50 bits per heavy atom. The Morgan fingerprint density at radius 1 is 0.812 bits per heavy atom. The average Bonchev–Trinajstić information content (AvgIpc) is 2.29. The van der Waals surface area contributed by atoms with Crippen molar-refractivity contribution in [2.24, 2.45) is 0 Å². The fraction of sp³-hybridized carbons (Fsp3) is 0.267. The molecule has 0 unspecified atom stereocenters. The van der Waals surface area contributed by atoms with Crippen LogP contribution < -0.4 is 0 Å². The van der Waals surface area contributed by atoms with E-state index in [2.05, 4.69) is 32.9 Å². The molecule has 0 radical (unpaired) electrons. The predicted molar refractivity (Wildman–Crippen MR) is 67.3 cm³/mol. The van der Waals surface area contributed by atoms with E-state index in [-0.39, 0.29) is 5.41 Å². The van der Waals surface area contributed by atoms with Crippen molar-refractivity contribution >= 4 is 0 Å². The van der Waals surface area contributed by atoms with Gasteiger partial charge in [0.05, 0.1) is 11.0 Å². The molecule has 0 fully saturated rings. The number of benzene rings is 1. The van der Waals surface area contributed by atoms with Crippen molar-refractivity contribution in [1.82, 2.24) is 0 Å². The highest BCUT2D eigenvalue weighted by molar-refractivity contribution is 5.56. The molecule has 0 N–H and O–H groups in total. The molecule has 0 bridgehead atoms. The van der Waals surface area contributed by atoms with Crippen molar-refractivity contribution in [2.75, 3.05) is 0 Å². The molecular formula is C15H17O+. The normalized spacial score (nSPS) is 11.4. The lowest BCUT2D eigenvalue weighted by molar-refractivity contribution is 0.405. The molecule has 1 nitrogen and oxygen atoms in total. The van der Waals surface area contributed by atoms with Gasteiger partial charge >= 0.3 is 11.5 Å². The number of rotatable bonds is 1. The monoisotopic (exact) mass is 213 g/mol. The first-order valence-electron chi connectivity index (χ1n) is 5.56. The largest absolute Gasteiger partial charge is 0.360 e. The predicted octanol–water partition coefficient (Wildman–Crippen LogP) is 4.53. The Bertz CT molecular complexity index is 466. The summed E-state index contributed by atoms with van der Waals surface area (Å²) in [5.74, 6) is 1.93. The van der Waals surface area contributed by atoms with Crippen LogP contribution in [0.2, 0.25) is 0 Å². The van der Waals surface area contributed by atoms with E-state index < -0.39 is 0 Å². The Kier molecular flexibility index (Phi) is 2.78. The molecular weight excluding hydrogens is 196 g/mol. The SMILES string of the molecule is CC(C)(C)c1cccc(-c2ccccc2)[o+]1. The van der Waals surface area contributed by atoms with E-state index in [9.17, 15) is 0 Å². The molecule has 2 aromatic rings. The number of hydrogen-bond donors (Lipinski definition) is 0. The maximum absolute atomic E-state index is 5.93. The molecule has 0 saturated carbocycles. The van der Waals surface area contributed by atoms with Crippen molar-refractivity contribution in [3.8, 4) is 11.3 Å². The summed E-state index contributed by atoms with van der Waals surface area (Å²) >= 11 is 0. The van der Waals surface area contributed by atoms with Gasteiger partial charge in [-0.3, -0.25) is 0 Å². The minimum atomic E-state index is 0.0464. The fourth-order valence-electron chi connectivity index (χ4n) is 1.57. The highest BCUT2D eigenvalue weighted by atomic mass is 16.3. The third-order valence-corrected chi connectivity index (χ3v) is 2.51. The van der Waals surface area contributed by atoms with E-state index in [0.717, 1.165) is 17.1 Å². The Hall–Kier alpha value is -1.63. The molecule has 0 amide bonds. The van der Waals surface area contributed by atoms with Gasteiger partial charge in [-0.2, -0.15) is 0 Å². The summed E-state index contributed by atoms with van der Waals surface area (Å²) in [4.78, 5) is 0. The van der Waals surface area contributed by atoms with Crippen LogP contribution in [0.15, 0.2) is 52.9 Å². The molecule has 16 heavy (non-hydrogen) atoms. The van der Waals surface area contributed by atoms with Crippen molar-refractivity contribution in [3.63, 3.8) is 0 Å². The third-order valence-electron chi connectivity index (χ3n) is 2.51. The highest BCUT2D eigenvalue weighted by Gasteiger charge is 2.27. The summed E-state index contributed by atoms with van der Waals surface area (Å²) in [7, 11) is 0. The van der Waals surface area contributed by atoms with Gasteiger partial charge in [0.1, 0.15) is 0 Å². The van der Waals surface area contributed by atoms with Crippen molar-refractivity contribution in [3.05, 3.63) is 54.3 Å². The van der Waals surface area contributed by atoms with Crippen LogP contribution in [0.4, 0.5) is 0 Å². The Morgan fingerprint density at radius 3 is 2.12 bits per heavy atom. The summed E-state index contributed by atoms with van der Waals surface area (Å²) in [6.07, 6.45) is 0. The second-order valence-electron chi connectivity index (χ2n) is 4.97. The van der Waals surface area contributed by atoms with Crippen LogP contribution in [0.3, 0.4) is 0 Å². The zero-order valence-electron chi connectivity index (χ0n) is 10.0. The van der Waals surface area contributed by atoms with Crippen LogP contribution in [-0.4, -0.2) is 0 Å². The molecule has 1 aromatic carbocycles. The molecule has 0 atom stereocenters. The first kappa shape index (κ1) is 10.9. The van der Waals surface area contributed by atoms with Crippen LogP contribution in [0.25, 0.3) is 11.3 Å². The summed E-state index contributed by atoms with van der Waals surface area (Å²) in [6.45, 7) is 6.46. The minimum Gasteiger partial charge on any atom is -0.212 e. The van der Waals surface area contributed by atoms with E-state index in [4.69, 9.17) is 4.42 Å². The second kappa shape index (κ2) is 4.09. The average molecular weight is 213 g/mol. The van der Waals surface area contributed by atoms with Gasteiger partial charge in [-0.25, -0.2) is 4.42 Å². The first-order valence-corrected chi connectivity index (χ1v) is 5.56. The summed E-state index contributed by atoms with van der Waals surface area (Å²) < 4.78 is 5.93. The zero-order chi connectivity index (χ0) is 11.6. The Balaban J connectivity index is 2.45. The molecule has 0 spiro atoms. The topological polar surface area (TPSA) is 11.3 Å². The molecule has 0 saturated heterocycles. The molecule has 2 rings (SSSR count). The zero-order valence-corrected chi connectivity index (χ0v) is 10.0. The molecule has 0 aliphatic carbocycles. The van der Waals surface area contributed by atoms with E-state index in [1.807, 2.05) is 36.4 Å². The minimum absolute atomic E-state index is 0.0464. The fourth-order valence-corrected chi connectivity index (χ4v) is 1.57. The molecule has 0 aliphatic heterocycles. The van der Waals surface area contributed by atoms with Gasteiger partial charge in [-0.15, -0.1) is 0 Å². The lowest BCUT2D eigenvalue weighted by Gasteiger charge is -2.08. The van der Waals surface area contributed by atoms with Crippen LogP contribution in [0.1, 0.15) is 26.5 Å². The molecule has 1 heterocycles. The van der Waals surface area contributed by atoms with Crippen molar-refractivity contribution in [2.45, 2.75) is 26.2 Å². The van der Waals surface area contributed by atoms with E-state index in [1.165, 1.54) is 0 Å². The van der Waals surface area contributed by atoms with Crippen LogP contribution >= 0.6 is 0 Å². The molecule has 1 aromatic heterocycles. The van der Waals surface area contributed by atoms with Crippen molar-refractivity contribution in [1.29, 1.82) is 0 Å². The lowest BCUT2D eigenvalue weighted by Crippen LogP contribution is -2.10. The van der Waals surface area contributed by atoms with Gasteiger partial charge in [-0.05, 0) is 39.0 Å². The maximum atomic E-state index is 5.93. The third kappa shape index (κ3) is 2.30. The first-order chi connectivity index (χ1) is 7.57. The smallest absolute Gasteiger partial charge is 0.212 e. The maximum Gasteiger partial charge on any atom is 0.360 e. The van der Waals surface area contributed by atoms with Crippen LogP contribution in [0, 0.1) is 0 Å². The summed E-state index contributed by atoms with van der Waals surface area (Å²) in [5.41, 5.74) is 1.17. The molecule has 0 aliphatic rings. The summed E-state index contributed by atoms with van der Waals surface area (Å²) in [6, 6.07) is 16.3. The van der Waals surface area contributed by atoms with E-state index in [1.54, 1.807) is 0 Å². The van der Waals surface area contributed by atoms with Gasteiger partial charge in [0, 0.05) is 12.1 Å². The quantitative estimate of drug-likeness (QED) is 0.634. The molecule has 1 heteroatoms. The second-order valence-corrected chi connectivity index (χ2v) is 4.97. The number of hydrogen-bond acceptors (Lipinski definition) is 0. The van der Waals surface area contributed by atoms with Gasteiger partial charge in [0.25, 0.3) is 0 Å². The van der Waals surface area contributed by atoms with Gasteiger partial charge in [0.15, 0.2) is 0 Å². The Labute approximate surface area is 96.8 Å². The van der Waals surface area contributed by atoms with Crippen LogP contribution in [-0.2, 0) is 5.41 Å². The van der Waals surface area contributed by atoms with Crippen molar-refractivity contribution < 1.29 is 4.42 Å². The van der Waals surface area contributed by atoms with Gasteiger partial charge in [0.2, 0.25) is 0 Å². The van der Waals surface area contributed by atoms with Gasteiger partial charge < -0.3 is 0 Å². The van der Waals surface area contributed by atoms with Crippen LogP contribution in [0.5, 0.6) is 0 Å². The highest BCUT2D eigenvalue weighted by Crippen LogP contribution is 2.27. The van der Waals surface area contributed by atoms with E-state index in [0.29, 0.717) is 0 Å². The lowest BCUT2D eigenvalue weighted by atomic mass is 9.93. The van der Waals surface area contributed by atoms with Gasteiger partial charge in [-0.1, -0.05) is 18.2 Å². The van der Waals surface area contributed by atoms with E-state index >= 15 is 0 Å².